The molecule has 4 aromatic rings. The van der Waals surface area contributed by atoms with Gasteiger partial charge in [-0.3, -0.25) is 14.3 Å². The van der Waals surface area contributed by atoms with Crippen LogP contribution in [0.2, 0.25) is 5.02 Å². The molecular formula is C30H35ClF3N9O3S. The van der Waals surface area contributed by atoms with E-state index in [4.69, 9.17) is 16.3 Å². The van der Waals surface area contributed by atoms with Crippen LogP contribution in [0.1, 0.15) is 25.3 Å². The Kier molecular flexibility index (Phi) is 9.84. The highest BCUT2D eigenvalue weighted by Gasteiger charge is 2.50. The van der Waals surface area contributed by atoms with Crippen LogP contribution in [-0.2, 0) is 16.4 Å². The minimum absolute atomic E-state index is 0.00142. The van der Waals surface area contributed by atoms with Crippen molar-refractivity contribution in [2.75, 3.05) is 61.2 Å². The van der Waals surface area contributed by atoms with E-state index in [1.165, 1.54) is 30.7 Å². The number of alkyl halides is 3. The fraction of sp³-hybridized carbons (Fsp3) is 0.400. The number of nitrogens with one attached hydrogen (secondary N) is 2. The molecule has 0 radical (unpaired) electrons. The van der Waals surface area contributed by atoms with Crippen LogP contribution in [0.4, 0.5) is 47.7 Å². The molecule has 5 rings (SSSR count). The average Bonchev–Trinajstić information content (AvgIpc) is 3.05. The molecule has 1 fully saturated rings. The number of fused-ring (bicyclic) bond motifs is 1. The second-order valence-electron chi connectivity index (χ2n) is 11.2. The molecule has 0 unspecified atom stereocenters. The number of benzene rings is 2. The number of rotatable bonds is 10. The Hall–Kier alpha value is -4.15. The highest BCUT2D eigenvalue weighted by molar-refractivity contribution is 7.93. The summed E-state index contributed by atoms with van der Waals surface area (Å²) in [7, 11) is 0.768. The molecule has 0 aliphatic carbocycles. The molecule has 2 aromatic heterocycles. The van der Waals surface area contributed by atoms with Gasteiger partial charge in [0.25, 0.3) is 0 Å². The summed E-state index contributed by atoms with van der Waals surface area (Å²) >= 11 is 6.42. The maximum absolute atomic E-state index is 13.6. The lowest BCUT2D eigenvalue weighted by atomic mass is 10.0. The molecule has 1 aliphatic rings. The van der Waals surface area contributed by atoms with E-state index in [0.717, 1.165) is 50.7 Å². The Labute approximate surface area is 276 Å². The van der Waals surface area contributed by atoms with Crippen LogP contribution < -0.4 is 24.6 Å². The lowest BCUT2D eigenvalue weighted by molar-refractivity contribution is -0.0436. The second kappa shape index (κ2) is 13.5. The quantitative estimate of drug-likeness (QED) is 0.205. The van der Waals surface area contributed by atoms with Crippen molar-refractivity contribution in [3.8, 4) is 5.75 Å². The normalized spacial score (nSPS) is 14.5. The van der Waals surface area contributed by atoms with Crippen LogP contribution in [0.15, 0.2) is 42.9 Å². The van der Waals surface area contributed by atoms with Crippen molar-refractivity contribution in [2.24, 2.45) is 0 Å². The van der Waals surface area contributed by atoms with Gasteiger partial charge in [-0.05, 0) is 57.1 Å². The Morgan fingerprint density at radius 2 is 1.74 bits per heavy atom. The Morgan fingerprint density at radius 3 is 2.38 bits per heavy atom. The van der Waals surface area contributed by atoms with Gasteiger partial charge in [-0.25, -0.2) is 4.98 Å². The van der Waals surface area contributed by atoms with E-state index in [2.05, 4.69) is 61.4 Å². The number of hydrogen-bond donors (Lipinski definition) is 2. The van der Waals surface area contributed by atoms with Crippen molar-refractivity contribution in [3.63, 3.8) is 0 Å². The Bertz CT molecular complexity index is 1870. The first-order valence-corrected chi connectivity index (χ1v) is 16.5. The summed E-state index contributed by atoms with van der Waals surface area (Å²) < 4.78 is 71.5. The molecule has 2 N–H and O–H groups in total. The number of aryl methyl sites for hydroxylation is 1. The average molecular weight is 694 g/mol. The first-order chi connectivity index (χ1) is 22.2. The molecule has 0 spiro atoms. The predicted octanol–water partition coefficient (Wildman–Crippen LogP) is 5.95. The monoisotopic (exact) mass is 693 g/mol. The summed E-state index contributed by atoms with van der Waals surface area (Å²) in [6.07, 6.45) is 6.77. The SMILES string of the molecule is CCc1cc(Nc2ncc(Cl)c(Nc3ccc4nccnc4c3N(C)S(=O)(=O)C(F)(F)F)n2)c(OC)cc1N1CCC(N(C)C)CC1. The van der Waals surface area contributed by atoms with Crippen LogP contribution in [0.5, 0.6) is 5.75 Å². The number of anilines is 6. The van der Waals surface area contributed by atoms with E-state index in [1.807, 2.05) is 12.1 Å². The van der Waals surface area contributed by atoms with Gasteiger partial charge in [0.2, 0.25) is 5.95 Å². The van der Waals surface area contributed by atoms with Crippen molar-refractivity contribution in [2.45, 2.75) is 37.7 Å². The minimum atomic E-state index is -5.80. The number of methoxy groups -OCH3 is 1. The number of aromatic nitrogens is 4. The van der Waals surface area contributed by atoms with Gasteiger partial charge in [0, 0.05) is 50.3 Å². The van der Waals surface area contributed by atoms with Crippen molar-refractivity contribution < 1.29 is 26.3 Å². The molecule has 0 bridgehead atoms. The summed E-state index contributed by atoms with van der Waals surface area (Å²) in [5.41, 5.74) is -3.14. The summed E-state index contributed by atoms with van der Waals surface area (Å²) in [6, 6.07) is 7.37. The lowest BCUT2D eigenvalue weighted by Gasteiger charge is -2.37. The maximum atomic E-state index is 13.6. The molecule has 3 heterocycles. The van der Waals surface area contributed by atoms with Gasteiger partial charge < -0.3 is 25.2 Å². The second-order valence-corrected chi connectivity index (χ2v) is 13.5. The third kappa shape index (κ3) is 6.94. The van der Waals surface area contributed by atoms with E-state index in [1.54, 1.807) is 7.11 Å². The van der Waals surface area contributed by atoms with Crippen LogP contribution in [0.25, 0.3) is 11.0 Å². The van der Waals surface area contributed by atoms with E-state index >= 15 is 0 Å². The zero-order valence-corrected chi connectivity index (χ0v) is 28.0. The highest BCUT2D eigenvalue weighted by Crippen LogP contribution is 2.40. The molecule has 2 aromatic carbocycles. The largest absolute Gasteiger partial charge is 0.516 e. The van der Waals surface area contributed by atoms with Crippen LogP contribution in [0.3, 0.4) is 0 Å². The molecular weight excluding hydrogens is 659 g/mol. The van der Waals surface area contributed by atoms with E-state index in [0.29, 0.717) is 17.5 Å². The maximum Gasteiger partial charge on any atom is 0.516 e. The van der Waals surface area contributed by atoms with Crippen molar-refractivity contribution in [1.29, 1.82) is 0 Å². The molecule has 0 saturated carbocycles. The molecule has 1 saturated heterocycles. The van der Waals surface area contributed by atoms with E-state index < -0.39 is 21.2 Å². The smallest absolute Gasteiger partial charge is 0.494 e. The van der Waals surface area contributed by atoms with Gasteiger partial charge >= 0.3 is 15.5 Å². The molecule has 252 valence electrons. The molecule has 12 nitrogen and oxygen atoms in total. The standard InChI is InChI=1S/C30H35ClF3N9O3S/c1-6-18-15-23(25(46-5)16-24(18)43-13-9-19(10-14-43)41(2)3)39-29-37-17-20(31)28(40-29)38-22-8-7-21-26(36-12-11-35-21)27(22)42(4)47(44,45)30(32,33)34/h7-8,11-12,15-17,19H,6,9-10,13-14H2,1-5H3,(H2,37,38,39,40). The predicted molar refractivity (Wildman–Crippen MR) is 178 cm³/mol. The van der Waals surface area contributed by atoms with E-state index in [9.17, 15) is 21.6 Å². The van der Waals surface area contributed by atoms with Crippen molar-refractivity contribution >= 4 is 67.2 Å². The number of halogens is 4. The van der Waals surface area contributed by atoms with Gasteiger partial charge in [0.05, 0.1) is 30.2 Å². The van der Waals surface area contributed by atoms with E-state index in [-0.39, 0.29) is 37.8 Å². The molecule has 17 heteroatoms. The van der Waals surface area contributed by atoms with Crippen molar-refractivity contribution in [1.82, 2.24) is 24.8 Å². The summed E-state index contributed by atoms with van der Waals surface area (Å²) in [4.78, 5) is 21.6. The first kappa shape index (κ1) is 34.2. The van der Waals surface area contributed by atoms with Gasteiger partial charge in [0.1, 0.15) is 22.0 Å². The molecule has 0 amide bonds. The first-order valence-electron chi connectivity index (χ1n) is 14.7. The Morgan fingerprint density at radius 1 is 1.04 bits per heavy atom. The molecule has 0 atom stereocenters. The van der Waals surface area contributed by atoms with Crippen LogP contribution in [0, 0.1) is 0 Å². The lowest BCUT2D eigenvalue weighted by Crippen LogP contribution is -2.42. The highest BCUT2D eigenvalue weighted by atomic mass is 35.5. The zero-order chi connectivity index (χ0) is 34.1. The Balaban J connectivity index is 1.48. The molecule has 47 heavy (non-hydrogen) atoms. The summed E-state index contributed by atoms with van der Waals surface area (Å²) in [6.45, 7) is 3.91. The molecule has 1 aliphatic heterocycles. The fourth-order valence-electron chi connectivity index (χ4n) is 5.56. The third-order valence-electron chi connectivity index (χ3n) is 8.14. The number of piperidine rings is 1. The number of nitrogens with zero attached hydrogens (tertiary/aromatic N) is 7. The minimum Gasteiger partial charge on any atom is -0.494 e. The van der Waals surface area contributed by atoms with Gasteiger partial charge in [0.15, 0.2) is 5.82 Å². The van der Waals surface area contributed by atoms with Gasteiger partial charge in [-0.2, -0.15) is 26.6 Å². The zero-order valence-electron chi connectivity index (χ0n) is 26.4. The number of hydrogen-bond acceptors (Lipinski definition) is 11. The topological polar surface area (TPSA) is 129 Å². The van der Waals surface area contributed by atoms with Gasteiger partial charge in [-0.1, -0.05) is 18.5 Å². The fourth-order valence-corrected chi connectivity index (χ4v) is 6.44. The van der Waals surface area contributed by atoms with Crippen LogP contribution in [-0.4, -0.2) is 86.1 Å². The number of sulfonamides is 1. The summed E-state index contributed by atoms with van der Waals surface area (Å²) in [5, 5.41) is 6.07. The van der Waals surface area contributed by atoms with Crippen LogP contribution >= 0.6 is 11.6 Å². The summed E-state index contributed by atoms with van der Waals surface area (Å²) in [5.74, 6) is 0.672. The third-order valence-corrected chi connectivity index (χ3v) is 9.91. The van der Waals surface area contributed by atoms with Gasteiger partial charge in [-0.15, -0.1) is 0 Å². The number of ether oxygens (including phenoxy) is 1. The van der Waals surface area contributed by atoms with Crippen molar-refractivity contribution in [3.05, 3.63) is 53.4 Å².